The number of aromatic nitrogens is 2. The maximum absolute atomic E-state index is 12.1. The van der Waals surface area contributed by atoms with Gasteiger partial charge in [-0.1, -0.05) is 35.5 Å². The van der Waals surface area contributed by atoms with Crippen LogP contribution in [0.15, 0.2) is 46.2 Å². The molecule has 1 heterocycles. The number of aromatic amines is 1. The first kappa shape index (κ1) is 17.5. The van der Waals surface area contributed by atoms with Crippen LogP contribution < -0.4 is 11.3 Å². The summed E-state index contributed by atoms with van der Waals surface area (Å²) in [6, 6.07) is 11.0. The number of hydrogen-bond acceptors (Lipinski definition) is 4. The minimum absolute atomic E-state index is 0.192. The Hall–Kier alpha value is -2.31. The molecule has 3 rings (SSSR count). The van der Waals surface area contributed by atoms with Crippen molar-refractivity contribution in [3.05, 3.63) is 68.7 Å². The average Bonchev–Trinajstić information content (AvgIpc) is 2.56. The molecule has 3 N–H and O–H groups in total. The van der Waals surface area contributed by atoms with Crippen molar-refractivity contribution in [2.75, 3.05) is 0 Å². The number of aryl methyl sites for hydroxylation is 2. The third kappa shape index (κ3) is 4.21. The van der Waals surface area contributed by atoms with Gasteiger partial charge in [-0.2, -0.15) is 0 Å². The number of nitrogens with one attached hydrogen (secondary N) is 1. The van der Waals surface area contributed by atoms with Crippen LogP contribution in [0.4, 0.5) is 5.69 Å². The van der Waals surface area contributed by atoms with Gasteiger partial charge in [0.05, 0.1) is 22.3 Å². The number of nitrogens with two attached hydrogens (primary N) is 1. The number of nitrogens with zero attached hydrogens (tertiary/aromatic N) is 2. The van der Waals surface area contributed by atoms with Crippen LogP contribution in [0, 0.1) is 13.8 Å². The number of benzene rings is 2. The first-order chi connectivity index (χ1) is 11.9. The van der Waals surface area contributed by atoms with Crippen molar-refractivity contribution in [3.8, 4) is 0 Å². The zero-order valence-electron chi connectivity index (χ0n) is 13.8. The van der Waals surface area contributed by atoms with Crippen molar-refractivity contribution in [2.45, 2.75) is 19.6 Å². The first-order valence-electron chi connectivity index (χ1n) is 7.65. The summed E-state index contributed by atoms with van der Waals surface area (Å²) in [6.07, 6.45) is 0. The van der Waals surface area contributed by atoms with Crippen molar-refractivity contribution in [2.24, 2.45) is 10.7 Å². The van der Waals surface area contributed by atoms with Crippen molar-refractivity contribution >= 4 is 45.1 Å². The topological polar surface area (TPSA) is 84.1 Å². The summed E-state index contributed by atoms with van der Waals surface area (Å²) in [4.78, 5) is 23.8. The van der Waals surface area contributed by atoms with Gasteiger partial charge < -0.3 is 10.7 Å². The Kier molecular flexibility index (Phi) is 5.11. The number of halogens is 1. The molecule has 0 amide bonds. The fourth-order valence-corrected chi connectivity index (χ4v) is 3.11. The van der Waals surface area contributed by atoms with Crippen LogP contribution in [-0.2, 0) is 5.75 Å². The van der Waals surface area contributed by atoms with Crippen LogP contribution in [0.2, 0.25) is 5.02 Å². The Morgan fingerprint density at radius 1 is 1.28 bits per heavy atom. The quantitative estimate of drug-likeness (QED) is 0.536. The summed E-state index contributed by atoms with van der Waals surface area (Å²) in [6.45, 7) is 4.00. The summed E-state index contributed by atoms with van der Waals surface area (Å²) in [5.74, 6) is 0.946. The van der Waals surface area contributed by atoms with E-state index in [4.69, 9.17) is 17.3 Å². The summed E-state index contributed by atoms with van der Waals surface area (Å²) in [7, 11) is 0. The molecule has 0 aliphatic carbocycles. The van der Waals surface area contributed by atoms with Gasteiger partial charge in [-0.05, 0) is 49.2 Å². The lowest BCUT2D eigenvalue weighted by molar-refractivity contribution is 1.04. The van der Waals surface area contributed by atoms with Gasteiger partial charge in [-0.3, -0.25) is 4.79 Å². The minimum Gasteiger partial charge on any atom is -0.378 e. The zero-order chi connectivity index (χ0) is 18.0. The predicted molar refractivity (Wildman–Crippen MR) is 106 cm³/mol. The molecule has 25 heavy (non-hydrogen) atoms. The summed E-state index contributed by atoms with van der Waals surface area (Å²) < 4.78 is 0. The molecule has 0 radical (unpaired) electrons. The van der Waals surface area contributed by atoms with Gasteiger partial charge in [0.1, 0.15) is 5.82 Å². The van der Waals surface area contributed by atoms with Crippen molar-refractivity contribution in [1.29, 1.82) is 0 Å². The highest BCUT2D eigenvalue weighted by Gasteiger charge is 2.06. The normalized spacial score (nSPS) is 11.9. The van der Waals surface area contributed by atoms with E-state index in [2.05, 4.69) is 15.0 Å². The summed E-state index contributed by atoms with van der Waals surface area (Å²) in [5, 5.41) is 1.47. The lowest BCUT2D eigenvalue weighted by Gasteiger charge is -2.05. The van der Waals surface area contributed by atoms with Crippen LogP contribution in [0.25, 0.3) is 10.9 Å². The standard InChI is InChI=1S/C18H17ClN4OS/c1-10-3-4-11(2)14(7-10)22-18(20)25-9-16-21-15-8-12(19)5-6-13(15)17(24)23-16/h3-8H,9H2,1-2H3,(H2,20,22)(H,21,23,24). The fourth-order valence-electron chi connectivity index (χ4n) is 2.36. The van der Waals surface area contributed by atoms with Gasteiger partial charge in [0.15, 0.2) is 5.17 Å². The molecule has 0 saturated carbocycles. The molecule has 0 unspecified atom stereocenters. The molecule has 7 heteroatoms. The lowest BCUT2D eigenvalue weighted by atomic mass is 10.1. The number of hydrogen-bond donors (Lipinski definition) is 2. The van der Waals surface area contributed by atoms with E-state index < -0.39 is 0 Å². The fraction of sp³-hybridized carbons (Fsp3) is 0.167. The molecule has 128 valence electrons. The second-order valence-electron chi connectivity index (χ2n) is 5.70. The zero-order valence-corrected chi connectivity index (χ0v) is 15.4. The molecular formula is C18H17ClN4OS. The second-order valence-corrected chi connectivity index (χ2v) is 7.13. The van der Waals surface area contributed by atoms with Crippen LogP contribution in [0.5, 0.6) is 0 Å². The van der Waals surface area contributed by atoms with E-state index in [1.165, 1.54) is 11.8 Å². The number of amidine groups is 1. The van der Waals surface area contributed by atoms with Crippen molar-refractivity contribution < 1.29 is 0 Å². The molecule has 1 aromatic heterocycles. The lowest BCUT2D eigenvalue weighted by Crippen LogP contribution is -2.13. The highest BCUT2D eigenvalue weighted by Crippen LogP contribution is 2.22. The monoisotopic (exact) mass is 372 g/mol. The maximum Gasteiger partial charge on any atom is 0.258 e. The summed E-state index contributed by atoms with van der Waals surface area (Å²) in [5.41, 5.74) is 9.42. The molecule has 2 aromatic carbocycles. The van der Waals surface area contributed by atoms with Crippen molar-refractivity contribution in [3.63, 3.8) is 0 Å². The van der Waals surface area contributed by atoms with Crippen LogP contribution in [-0.4, -0.2) is 15.1 Å². The predicted octanol–water partition coefficient (Wildman–Crippen LogP) is 4.07. The van der Waals surface area contributed by atoms with Gasteiger partial charge in [-0.15, -0.1) is 0 Å². The Morgan fingerprint density at radius 2 is 2.08 bits per heavy atom. The summed E-state index contributed by atoms with van der Waals surface area (Å²) >= 11 is 7.29. The Balaban J connectivity index is 1.81. The molecule has 0 aliphatic heterocycles. The molecule has 5 nitrogen and oxygen atoms in total. The average molecular weight is 373 g/mol. The van der Waals surface area contributed by atoms with Crippen LogP contribution in [0.1, 0.15) is 17.0 Å². The van der Waals surface area contributed by atoms with Gasteiger partial charge in [0.2, 0.25) is 0 Å². The highest BCUT2D eigenvalue weighted by molar-refractivity contribution is 8.13. The number of fused-ring (bicyclic) bond motifs is 1. The van der Waals surface area contributed by atoms with Gasteiger partial charge in [-0.25, -0.2) is 9.98 Å². The van der Waals surface area contributed by atoms with Gasteiger partial charge in [0.25, 0.3) is 5.56 Å². The van der Waals surface area contributed by atoms with Gasteiger partial charge >= 0.3 is 0 Å². The van der Waals surface area contributed by atoms with E-state index in [1.54, 1.807) is 18.2 Å². The number of thioether (sulfide) groups is 1. The number of aliphatic imine (C=N–C) groups is 1. The third-order valence-electron chi connectivity index (χ3n) is 3.67. The molecule has 0 bridgehead atoms. The highest BCUT2D eigenvalue weighted by atomic mass is 35.5. The number of H-pyrrole nitrogens is 1. The van der Waals surface area contributed by atoms with E-state index in [1.807, 2.05) is 32.0 Å². The molecule has 0 spiro atoms. The smallest absolute Gasteiger partial charge is 0.258 e. The minimum atomic E-state index is -0.192. The Bertz CT molecular complexity index is 1030. The second kappa shape index (κ2) is 7.29. The van der Waals surface area contributed by atoms with Crippen LogP contribution in [0.3, 0.4) is 0 Å². The van der Waals surface area contributed by atoms with E-state index in [0.717, 1.165) is 16.8 Å². The SMILES string of the molecule is Cc1ccc(C)c(N=C(N)SCc2nc3cc(Cl)ccc3c(=O)[nH]2)c1. The molecular weight excluding hydrogens is 356 g/mol. The third-order valence-corrected chi connectivity index (χ3v) is 4.71. The number of rotatable bonds is 3. The van der Waals surface area contributed by atoms with E-state index in [-0.39, 0.29) is 5.56 Å². The van der Waals surface area contributed by atoms with E-state index in [0.29, 0.717) is 32.7 Å². The Labute approximate surface area is 154 Å². The van der Waals surface area contributed by atoms with Gasteiger partial charge in [0, 0.05) is 5.02 Å². The van der Waals surface area contributed by atoms with E-state index in [9.17, 15) is 4.79 Å². The molecule has 0 atom stereocenters. The van der Waals surface area contributed by atoms with Crippen molar-refractivity contribution in [1.82, 2.24) is 9.97 Å². The Morgan fingerprint density at radius 3 is 2.88 bits per heavy atom. The molecule has 3 aromatic rings. The molecule has 0 saturated heterocycles. The first-order valence-corrected chi connectivity index (χ1v) is 9.01. The van der Waals surface area contributed by atoms with E-state index >= 15 is 0 Å². The largest absolute Gasteiger partial charge is 0.378 e. The maximum atomic E-state index is 12.1. The van der Waals surface area contributed by atoms with Crippen LogP contribution >= 0.6 is 23.4 Å². The molecule has 0 fully saturated rings. The molecule has 0 aliphatic rings.